The van der Waals surface area contributed by atoms with Crippen LogP contribution in [0.3, 0.4) is 0 Å². The van der Waals surface area contributed by atoms with Gasteiger partial charge in [0.05, 0.1) is 29.0 Å². The lowest BCUT2D eigenvalue weighted by atomic mass is 9.98. The van der Waals surface area contributed by atoms with Crippen molar-refractivity contribution in [3.8, 4) is 17.2 Å². The normalized spacial score (nSPS) is 20.2. The van der Waals surface area contributed by atoms with Gasteiger partial charge in [-0.05, 0) is 49.1 Å². The zero-order valence-electron chi connectivity index (χ0n) is 14.8. The van der Waals surface area contributed by atoms with Crippen LogP contribution in [0.25, 0.3) is 11.1 Å². The van der Waals surface area contributed by atoms with Gasteiger partial charge < -0.3 is 4.74 Å². The third kappa shape index (κ3) is 3.96. The first kappa shape index (κ1) is 18.6. The molecule has 0 spiro atoms. The highest BCUT2D eigenvalue weighted by molar-refractivity contribution is 7.90. The number of nitriles is 1. The summed E-state index contributed by atoms with van der Waals surface area (Å²) in [6.45, 7) is 3.87. The third-order valence-electron chi connectivity index (χ3n) is 4.61. The smallest absolute Gasteiger partial charge is 0.214 e. The molecule has 6 heteroatoms. The fraction of sp³-hybridized carbons (Fsp3) is 0.350. The molecule has 1 fully saturated rings. The molecule has 1 aliphatic heterocycles. The Morgan fingerprint density at radius 3 is 2.19 bits per heavy atom. The first-order valence-electron chi connectivity index (χ1n) is 8.64. The molecule has 0 amide bonds. The van der Waals surface area contributed by atoms with E-state index in [4.69, 9.17) is 10.00 Å². The molecule has 0 saturated carbocycles. The van der Waals surface area contributed by atoms with Crippen molar-refractivity contribution in [2.75, 3.05) is 6.61 Å². The van der Waals surface area contributed by atoms with E-state index < -0.39 is 15.3 Å². The van der Waals surface area contributed by atoms with Gasteiger partial charge in [0.2, 0.25) is 10.0 Å². The zero-order chi connectivity index (χ0) is 18.7. The van der Waals surface area contributed by atoms with Crippen LogP contribution in [0.5, 0.6) is 0 Å². The van der Waals surface area contributed by atoms with Gasteiger partial charge in [-0.1, -0.05) is 36.4 Å². The molecule has 0 aliphatic carbocycles. The van der Waals surface area contributed by atoms with Crippen LogP contribution in [0.1, 0.15) is 37.5 Å². The lowest BCUT2D eigenvalue weighted by molar-refractivity contribution is 0.102. The van der Waals surface area contributed by atoms with Crippen molar-refractivity contribution in [3.63, 3.8) is 0 Å². The molecular formula is C20H22N2O3S. The summed E-state index contributed by atoms with van der Waals surface area (Å²) in [5.74, 6) is 0. The number of nitrogens with one attached hydrogen (secondary N) is 1. The van der Waals surface area contributed by atoms with Crippen LogP contribution in [-0.2, 0) is 14.8 Å². The maximum Gasteiger partial charge on any atom is 0.214 e. The largest absolute Gasteiger partial charge is 0.372 e. The number of hydrogen-bond acceptors (Lipinski definition) is 4. The molecule has 2 aromatic rings. The number of rotatable bonds is 5. The summed E-state index contributed by atoms with van der Waals surface area (Å²) in [6, 6.07) is 17.2. The quantitative estimate of drug-likeness (QED) is 0.875. The minimum absolute atomic E-state index is 0.247. The van der Waals surface area contributed by atoms with Gasteiger partial charge >= 0.3 is 0 Å². The highest BCUT2D eigenvalue weighted by Crippen LogP contribution is 2.31. The van der Waals surface area contributed by atoms with E-state index in [2.05, 4.69) is 10.8 Å². The molecular weight excluding hydrogens is 348 g/mol. The number of sulfonamides is 1. The summed E-state index contributed by atoms with van der Waals surface area (Å²) >= 11 is 0. The van der Waals surface area contributed by atoms with Gasteiger partial charge in [0.1, 0.15) is 0 Å². The van der Waals surface area contributed by atoms with Crippen LogP contribution < -0.4 is 4.72 Å². The van der Waals surface area contributed by atoms with Gasteiger partial charge in [0.15, 0.2) is 0 Å². The Hall–Kier alpha value is -2.20. The molecule has 1 saturated heterocycles. The second-order valence-corrected chi connectivity index (χ2v) is 8.98. The molecule has 5 nitrogen and oxygen atoms in total. The number of hydrogen-bond donors (Lipinski definition) is 1. The van der Waals surface area contributed by atoms with E-state index in [1.165, 1.54) is 0 Å². The Bertz CT molecular complexity index is 898. The minimum Gasteiger partial charge on any atom is -0.372 e. The predicted octanol–water partition coefficient (Wildman–Crippen LogP) is 3.38. The van der Waals surface area contributed by atoms with E-state index in [1.54, 1.807) is 26.0 Å². The maximum absolute atomic E-state index is 12.2. The fourth-order valence-electron chi connectivity index (χ4n) is 2.99. The molecule has 0 aromatic heterocycles. The topological polar surface area (TPSA) is 79.2 Å². The summed E-state index contributed by atoms with van der Waals surface area (Å²) < 4.78 is 32.9. The summed E-state index contributed by atoms with van der Waals surface area (Å²) in [6.07, 6.45) is 0.382. The van der Waals surface area contributed by atoms with Crippen molar-refractivity contribution >= 4 is 10.0 Å². The Morgan fingerprint density at radius 1 is 1.08 bits per heavy atom. The van der Waals surface area contributed by atoms with E-state index in [0.717, 1.165) is 16.7 Å². The Kier molecular flexibility index (Phi) is 5.42. The Balaban J connectivity index is 1.78. The van der Waals surface area contributed by atoms with Crippen LogP contribution >= 0.6 is 0 Å². The van der Waals surface area contributed by atoms with E-state index in [-0.39, 0.29) is 12.1 Å². The molecule has 1 heterocycles. The lowest BCUT2D eigenvalue weighted by Crippen LogP contribution is -2.40. The van der Waals surface area contributed by atoms with Crippen molar-refractivity contribution in [1.29, 1.82) is 5.26 Å². The van der Waals surface area contributed by atoms with E-state index in [1.807, 2.05) is 36.4 Å². The lowest BCUT2D eigenvalue weighted by Gasteiger charge is -2.21. The van der Waals surface area contributed by atoms with Crippen molar-refractivity contribution < 1.29 is 13.2 Å². The van der Waals surface area contributed by atoms with Gasteiger partial charge in [0.25, 0.3) is 0 Å². The maximum atomic E-state index is 12.2. The average molecular weight is 370 g/mol. The first-order chi connectivity index (χ1) is 12.4. The van der Waals surface area contributed by atoms with Gasteiger partial charge in [-0.25, -0.2) is 13.1 Å². The standard InChI is InChI=1S/C20H22N2O3S/c1-14(2)26(23,24)22-19-11-12-25-20(19)18-9-7-17(8-10-18)16-5-3-15(13-21)4-6-16/h3-10,14,19-20,22H,11-12H2,1-2H3. The second-order valence-electron chi connectivity index (χ2n) is 6.71. The second kappa shape index (κ2) is 7.58. The monoisotopic (exact) mass is 370 g/mol. The summed E-state index contributed by atoms with van der Waals surface area (Å²) in [7, 11) is -3.34. The Morgan fingerprint density at radius 2 is 1.65 bits per heavy atom. The molecule has 1 N–H and O–H groups in total. The molecule has 3 rings (SSSR count). The average Bonchev–Trinajstić information content (AvgIpc) is 3.09. The summed E-state index contributed by atoms with van der Waals surface area (Å²) in [5, 5.41) is 8.41. The molecule has 0 radical (unpaired) electrons. The SMILES string of the molecule is CC(C)S(=O)(=O)NC1CCOC1c1ccc(-c2ccc(C#N)cc2)cc1. The van der Waals surface area contributed by atoms with Crippen molar-refractivity contribution in [3.05, 3.63) is 59.7 Å². The summed E-state index contributed by atoms with van der Waals surface area (Å²) in [4.78, 5) is 0. The zero-order valence-corrected chi connectivity index (χ0v) is 15.7. The molecule has 26 heavy (non-hydrogen) atoms. The van der Waals surface area contributed by atoms with E-state index >= 15 is 0 Å². The molecule has 2 aromatic carbocycles. The van der Waals surface area contributed by atoms with Crippen LogP contribution in [0, 0.1) is 11.3 Å². The minimum atomic E-state index is -3.34. The number of benzene rings is 2. The predicted molar refractivity (Wildman–Crippen MR) is 101 cm³/mol. The molecule has 136 valence electrons. The van der Waals surface area contributed by atoms with E-state index in [9.17, 15) is 8.42 Å². The van der Waals surface area contributed by atoms with Gasteiger partial charge in [-0.3, -0.25) is 0 Å². The Labute approximate surface area is 154 Å². The molecule has 2 atom stereocenters. The van der Waals surface area contributed by atoms with Crippen LogP contribution in [0.15, 0.2) is 48.5 Å². The number of nitrogens with zero attached hydrogens (tertiary/aromatic N) is 1. The van der Waals surface area contributed by atoms with Gasteiger partial charge in [-0.2, -0.15) is 5.26 Å². The van der Waals surface area contributed by atoms with Gasteiger partial charge in [0, 0.05) is 6.61 Å². The summed E-state index contributed by atoms with van der Waals surface area (Å²) in [5.41, 5.74) is 3.65. The van der Waals surface area contributed by atoms with Crippen molar-refractivity contribution in [2.45, 2.75) is 37.7 Å². The molecule has 0 bridgehead atoms. The van der Waals surface area contributed by atoms with Crippen molar-refractivity contribution in [1.82, 2.24) is 4.72 Å². The molecule has 1 aliphatic rings. The first-order valence-corrected chi connectivity index (χ1v) is 10.2. The number of ether oxygens (including phenoxy) is 1. The fourth-order valence-corrected chi connectivity index (χ4v) is 3.92. The van der Waals surface area contributed by atoms with Gasteiger partial charge in [-0.15, -0.1) is 0 Å². The highest BCUT2D eigenvalue weighted by atomic mass is 32.2. The molecule has 2 unspecified atom stereocenters. The van der Waals surface area contributed by atoms with Crippen molar-refractivity contribution in [2.24, 2.45) is 0 Å². The van der Waals surface area contributed by atoms with Crippen LogP contribution in [0.4, 0.5) is 0 Å². The van der Waals surface area contributed by atoms with Crippen LogP contribution in [-0.4, -0.2) is 26.3 Å². The van der Waals surface area contributed by atoms with E-state index in [0.29, 0.717) is 18.6 Å². The third-order valence-corrected chi connectivity index (χ3v) is 6.49. The highest BCUT2D eigenvalue weighted by Gasteiger charge is 2.33. The van der Waals surface area contributed by atoms with Crippen LogP contribution in [0.2, 0.25) is 0 Å².